The number of thiazole rings is 1. The number of hydrogen-bond acceptors (Lipinski definition) is 4. The van der Waals surface area contributed by atoms with Crippen LogP contribution in [0.15, 0.2) is 54.6 Å². The predicted octanol–water partition coefficient (Wildman–Crippen LogP) is 4.85. The van der Waals surface area contributed by atoms with Crippen LogP contribution in [-0.2, 0) is 16.0 Å². The zero-order valence-corrected chi connectivity index (χ0v) is 14.0. The Morgan fingerprint density at radius 3 is 2.43 bits per heavy atom. The Labute approximate surface area is 143 Å². The van der Waals surface area contributed by atoms with Gasteiger partial charge in [0.1, 0.15) is 5.01 Å². The first-order valence-electron chi connectivity index (χ1n) is 7.05. The Morgan fingerprint density at radius 1 is 1.09 bits per heavy atom. The van der Waals surface area contributed by atoms with E-state index in [-0.39, 0.29) is 12.4 Å². The lowest BCUT2D eigenvalue weighted by Crippen LogP contribution is -2.03. The van der Waals surface area contributed by atoms with Gasteiger partial charge in [-0.2, -0.15) is 0 Å². The van der Waals surface area contributed by atoms with Crippen LogP contribution in [0.5, 0.6) is 0 Å². The Kier molecular flexibility index (Phi) is 4.74. The molecule has 3 rings (SSSR count). The lowest BCUT2D eigenvalue weighted by molar-refractivity contribution is -0.139. The fourth-order valence-electron chi connectivity index (χ4n) is 2.21. The topological polar surface area (TPSA) is 39.2 Å². The van der Waals surface area contributed by atoms with E-state index in [0.29, 0.717) is 5.02 Å². The number of carbonyl (C=O) groups excluding carboxylic acids is 1. The molecule has 0 unspecified atom stereocenters. The molecule has 5 heteroatoms. The maximum atomic E-state index is 11.7. The van der Waals surface area contributed by atoms with Gasteiger partial charge in [-0.15, -0.1) is 11.3 Å². The molecule has 0 N–H and O–H groups in total. The molecule has 1 aromatic heterocycles. The predicted molar refractivity (Wildman–Crippen MR) is 93.7 cm³/mol. The molecule has 1 heterocycles. The van der Waals surface area contributed by atoms with Crippen LogP contribution in [0.2, 0.25) is 5.02 Å². The number of nitrogens with zero attached hydrogens (tertiary/aromatic N) is 1. The standard InChI is InChI=1S/C18H14ClNO2S/c1-22-16(21)11-15-17(12-7-9-14(19)10-8-12)20-18(23-15)13-5-3-2-4-6-13/h2-10H,11H2,1H3. The van der Waals surface area contributed by atoms with Crippen LogP contribution in [0.1, 0.15) is 4.88 Å². The Hall–Kier alpha value is -2.17. The first-order valence-corrected chi connectivity index (χ1v) is 8.24. The lowest BCUT2D eigenvalue weighted by atomic mass is 10.1. The summed E-state index contributed by atoms with van der Waals surface area (Å²) in [5.41, 5.74) is 2.77. The maximum absolute atomic E-state index is 11.7. The highest BCUT2D eigenvalue weighted by Gasteiger charge is 2.17. The van der Waals surface area contributed by atoms with E-state index in [1.165, 1.54) is 18.4 Å². The second-order valence-corrected chi connectivity index (χ2v) is 6.44. The summed E-state index contributed by atoms with van der Waals surface area (Å²) in [5, 5.41) is 1.55. The molecule has 0 atom stereocenters. The summed E-state index contributed by atoms with van der Waals surface area (Å²) in [5.74, 6) is -0.275. The number of halogens is 1. The molecule has 0 spiro atoms. The highest BCUT2D eigenvalue weighted by molar-refractivity contribution is 7.15. The molecule has 0 radical (unpaired) electrons. The average Bonchev–Trinajstić information content (AvgIpc) is 3.00. The minimum absolute atomic E-state index is 0.207. The van der Waals surface area contributed by atoms with Crippen molar-refractivity contribution in [2.45, 2.75) is 6.42 Å². The number of ether oxygens (including phenoxy) is 1. The summed E-state index contributed by atoms with van der Waals surface area (Å²) in [6.45, 7) is 0. The number of hydrogen-bond donors (Lipinski definition) is 0. The molecule has 0 fully saturated rings. The fourth-order valence-corrected chi connectivity index (χ4v) is 3.41. The van der Waals surface area contributed by atoms with Gasteiger partial charge < -0.3 is 4.74 Å². The van der Waals surface area contributed by atoms with Gasteiger partial charge in [0.2, 0.25) is 0 Å². The first kappa shape index (κ1) is 15.7. The van der Waals surface area contributed by atoms with E-state index in [1.807, 2.05) is 54.6 Å². The van der Waals surface area contributed by atoms with Gasteiger partial charge in [-0.1, -0.05) is 54.1 Å². The van der Waals surface area contributed by atoms with Crippen LogP contribution in [0.3, 0.4) is 0 Å². The Bertz CT molecular complexity index is 813. The minimum atomic E-state index is -0.275. The minimum Gasteiger partial charge on any atom is -0.469 e. The van der Waals surface area contributed by atoms with E-state index >= 15 is 0 Å². The molecule has 0 aliphatic rings. The van der Waals surface area contributed by atoms with Gasteiger partial charge in [-0.25, -0.2) is 4.98 Å². The smallest absolute Gasteiger partial charge is 0.310 e. The lowest BCUT2D eigenvalue weighted by Gasteiger charge is -2.02. The van der Waals surface area contributed by atoms with Crippen LogP contribution in [0.4, 0.5) is 0 Å². The first-order chi connectivity index (χ1) is 11.2. The molecule has 116 valence electrons. The molecular formula is C18H14ClNO2S. The maximum Gasteiger partial charge on any atom is 0.310 e. The van der Waals surface area contributed by atoms with Gasteiger partial charge in [0.05, 0.1) is 19.2 Å². The van der Waals surface area contributed by atoms with Crippen molar-refractivity contribution >= 4 is 28.9 Å². The van der Waals surface area contributed by atoms with Crippen molar-refractivity contribution in [3.8, 4) is 21.8 Å². The summed E-state index contributed by atoms with van der Waals surface area (Å²) in [4.78, 5) is 17.3. The second kappa shape index (κ2) is 6.94. The molecule has 3 aromatic rings. The molecule has 3 nitrogen and oxygen atoms in total. The van der Waals surface area contributed by atoms with Crippen LogP contribution < -0.4 is 0 Å². The summed E-state index contributed by atoms with van der Waals surface area (Å²) >= 11 is 7.47. The van der Waals surface area contributed by atoms with Crippen molar-refractivity contribution in [3.05, 3.63) is 64.5 Å². The van der Waals surface area contributed by atoms with E-state index in [1.54, 1.807) is 0 Å². The van der Waals surface area contributed by atoms with Crippen LogP contribution in [0, 0.1) is 0 Å². The number of carbonyl (C=O) groups is 1. The number of methoxy groups -OCH3 is 1. The number of rotatable bonds is 4. The number of aromatic nitrogens is 1. The molecule has 0 saturated heterocycles. The molecule has 0 saturated carbocycles. The third kappa shape index (κ3) is 3.60. The molecule has 0 bridgehead atoms. The summed E-state index contributed by atoms with van der Waals surface area (Å²) in [6, 6.07) is 17.4. The fraction of sp³-hybridized carbons (Fsp3) is 0.111. The van der Waals surface area contributed by atoms with Crippen molar-refractivity contribution in [1.29, 1.82) is 0 Å². The monoisotopic (exact) mass is 343 g/mol. The van der Waals surface area contributed by atoms with E-state index in [0.717, 1.165) is 26.7 Å². The molecule has 0 amide bonds. The van der Waals surface area contributed by atoms with Gasteiger partial charge in [0, 0.05) is 21.0 Å². The third-order valence-electron chi connectivity index (χ3n) is 3.37. The summed E-state index contributed by atoms with van der Waals surface area (Å²) in [6.07, 6.45) is 0.207. The Morgan fingerprint density at radius 2 is 1.78 bits per heavy atom. The van der Waals surface area contributed by atoms with Crippen molar-refractivity contribution < 1.29 is 9.53 Å². The van der Waals surface area contributed by atoms with Gasteiger partial charge >= 0.3 is 5.97 Å². The normalized spacial score (nSPS) is 10.5. The Balaban J connectivity index is 2.06. The second-order valence-electron chi connectivity index (χ2n) is 4.92. The SMILES string of the molecule is COC(=O)Cc1sc(-c2ccccc2)nc1-c1ccc(Cl)cc1. The zero-order chi connectivity index (χ0) is 16.2. The highest BCUT2D eigenvalue weighted by atomic mass is 35.5. The van der Waals surface area contributed by atoms with Gasteiger partial charge in [-0.05, 0) is 12.1 Å². The third-order valence-corrected chi connectivity index (χ3v) is 4.72. The van der Waals surface area contributed by atoms with Crippen LogP contribution >= 0.6 is 22.9 Å². The molecule has 2 aromatic carbocycles. The van der Waals surface area contributed by atoms with Crippen molar-refractivity contribution in [1.82, 2.24) is 4.98 Å². The van der Waals surface area contributed by atoms with Gasteiger partial charge in [0.25, 0.3) is 0 Å². The molecule has 0 aliphatic heterocycles. The largest absolute Gasteiger partial charge is 0.469 e. The average molecular weight is 344 g/mol. The zero-order valence-electron chi connectivity index (χ0n) is 12.5. The summed E-state index contributed by atoms with van der Waals surface area (Å²) in [7, 11) is 1.39. The van der Waals surface area contributed by atoms with E-state index < -0.39 is 0 Å². The molecular weight excluding hydrogens is 330 g/mol. The van der Waals surface area contributed by atoms with Gasteiger partial charge in [0.15, 0.2) is 0 Å². The quantitative estimate of drug-likeness (QED) is 0.636. The van der Waals surface area contributed by atoms with E-state index in [9.17, 15) is 4.79 Å². The van der Waals surface area contributed by atoms with Crippen molar-refractivity contribution in [2.75, 3.05) is 7.11 Å². The van der Waals surface area contributed by atoms with Crippen LogP contribution in [0.25, 0.3) is 21.8 Å². The van der Waals surface area contributed by atoms with Gasteiger partial charge in [-0.3, -0.25) is 4.79 Å². The van der Waals surface area contributed by atoms with Crippen LogP contribution in [-0.4, -0.2) is 18.1 Å². The highest BCUT2D eigenvalue weighted by Crippen LogP contribution is 2.34. The molecule has 23 heavy (non-hydrogen) atoms. The molecule has 0 aliphatic carbocycles. The van der Waals surface area contributed by atoms with Crippen molar-refractivity contribution in [3.63, 3.8) is 0 Å². The van der Waals surface area contributed by atoms with Crippen molar-refractivity contribution in [2.24, 2.45) is 0 Å². The summed E-state index contributed by atoms with van der Waals surface area (Å²) < 4.78 is 4.80. The number of esters is 1. The number of benzene rings is 2. The van der Waals surface area contributed by atoms with E-state index in [4.69, 9.17) is 21.3 Å². The van der Waals surface area contributed by atoms with E-state index in [2.05, 4.69) is 0 Å².